The van der Waals surface area contributed by atoms with Crippen molar-refractivity contribution >= 4 is 51.8 Å². The van der Waals surface area contributed by atoms with Gasteiger partial charge in [-0.3, -0.25) is 14.9 Å². The third-order valence-corrected chi connectivity index (χ3v) is 7.78. The highest BCUT2D eigenvalue weighted by Crippen LogP contribution is 2.27. The van der Waals surface area contributed by atoms with E-state index >= 15 is 0 Å². The van der Waals surface area contributed by atoms with E-state index in [4.69, 9.17) is 0 Å². The fraction of sp³-hybridized carbons (Fsp3) is 0.524. The second kappa shape index (κ2) is 12.3. The number of carbonyl (C=O) groups excluding carboxylic acids is 2. The van der Waals surface area contributed by atoms with E-state index < -0.39 is 0 Å². The van der Waals surface area contributed by atoms with Gasteiger partial charge in [0.05, 0.1) is 11.3 Å². The lowest BCUT2D eigenvalue weighted by Crippen LogP contribution is -2.36. The summed E-state index contributed by atoms with van der Waals surface area (Å²) in [5, 5.41) is 14.6. The van der Waals surface area contributed by atoms with Crippen molar-refractivity contribution in [2.75, 3.05) is 16.8 Å². The topological polar surface area (TPSA) is 84.0 Å². The molecule has 0 unspecified atom stereocenters. The number of thioether (sulfide) groups is 2. The third kappa shape index (κ3) is 7.28. The molecule has 0 aliphatic heterocycles. The van der Waals surface area contributed by atoms with Gasteiger partial charge in [0, 0.05) is 10.9 Å². The maximum Gasteiger partial charge on any atom is 0.258 e. The van der Waals surface area contributed by atoms with Crippen LogP contribution in [0, 0.1) is 0 Å². The Morgan fingerprint density at radius 3 is 2.57 bits per heavy atom. The number of rotatable bonds is 8. The molecule has 2 aromatic rings. The van der Waals surface area contributed by atoms with Crippen LogP contribution in [0.15, 0.2) is 33.5 Å². The van der Waals surface area contributed by atoms with Crippen LogP contribution in [-0.4, -0.2) is 39.6 Å². The quantitative estimate of drug-likeness (QED) is 0.411. The Morgan fingerprint density at radius 1 is 1.07 bits per heavy atom. The van der Waals surface area contributed by atoms with Gasteiger partial charge >= 0.3 is 0 Å². The van der Waals surface area contributed by atoms with Gasteiger partial charge in [0.25, 0.3) is 5.91 Å². The number of anilines is 1. The Labute approximate surface area is 190 Å². The molecule has 1 aromatic heterocycles. The molecule has 9 heteroatoms. The molecule has 30 heavy (non-hydrogen) atoms. The first-order chi connectivity index (χ1) is 14.7. The van der Waals surface area contributed by atoms with Crippen LogP contribution >= 0.6 is 34.9 Å². The van der Waals surface area contributed by atoms with Gasteiger partial charge in [-0.1, -0.05) is 74.3 Å². The van der Waals surface area contributed by atoms with Crippen molar-refractivity contribution < 1.29 is 9.59 Å². The van der Waals surface area contributed by atoms with E-state index in [0.717, 1.165) is 27.8 Å². The molecule has 1 aliphatic carbocycles. The number of amides is 2. The van der Waals surface area contributed by atoms with Crippen molar-refractivity contribution in [3.8, 4) is 0 Å². The average molecular weight is 465 g/mol. The lowest BCUT2D eigenvalue weighted by molar-refractivity contribution is -0.119. The zero-order chi connectivity index (χ0) is 21.2. The highest BCUT2D eigenvalue weighted by atomic mass is 32.2. The zero-order valence-corrected chi connectivity index (χ0v) is 19.6. The molecule has 0 bridgehead atoms. The molecule has 1 saturated carbocycles. The lowest BCUT2D eigenvalue weighted by atomic mass is 9.97. The Kier molecular flexibility index (Phi) is 9.48. The maximum atomic E-state index is 12.7. The standard InChI is InChI=1S/C21H28N4O2S3/c1-2-28-21-25-24-20(30-21)23-19(27)16-12-8-9-13-17(16)29-14-18(26)22-15-10-6-4-3-5-7-11-15/h8-9,12-13,15H,2-7,10-11,14H2,1H3,(H,22,26)(H,23,24,27). The van der Waals surface area contributed by atoms with Gasteiger partial charge in [-0.2, -0.15) is 0 Å². The Hall–Kier alpha value is -1.58. The summed E-state index contributed by atoms with van der Waals surface area (Å²) in [6.07, 6.45) is 8.33. The summed E-state index contributed by atoms with van der Waals surface area (Å²) in [6.45, 7) is 2.05. The minimum absolute atomic E-state index is 0.0335. The van der Waals surface area contributed by atoms with Crippen LogP contribution in [0.1, 0.15) is 62.2 Å². The van der Waals surface area contributed by atoms with Crippen molar-refractivity contribution in [3.05, 3.63) is 29.8 Å². The summed E-state index contributed by atoms with van der Waals surface area (Å²) in [5.74, 6) is 1.01. The Morgan fingerprint density at radius 2 is 1.80 bits per heavy atom. The summed E-state index contributed by atoms with van der Waals surface area (Å²) < 4.78 is 0.835. The number of benzene rings is 1. The number of hydrogen-bond acceptors (Lipinski definition) is 7. The molecule has 2 N–H and O–H groups in total. The minimum Gasteiger partial charge on any atom is -0.353 e. The average Bonchev–Trinajstić information content (AvgIpc) is 3.15. The first-order valence-corrected chi connectivity index (χ1v) is 13.2. The van der Waals surface area contributed by atoms with Crippen LogP contribution in [-0.2, 0) is 4.79 Å². The molecule has 1 aliphatic rings. The third-order valence-electron chi connectivity index (χ3n) is 4.86. The predicted octanol–water partition coefficient (Wildman–Crippen LogP) is 5.22. The number of carbonyl (C=O) groups is 2. The summed E-state index contributed by atoms with van der Waals surface area (Å²) in [6, 6.07) is 7.64. The molecule has 1 aromatic carbocycles. The summed E-state index contributed by atoms with van der Waals surface area (Å²) in [5.41, 5.74) is 0.543. The smallest absolute Gasteiger partial charge is 0.258 e. The van der Waals surface area contributed by atoms with Crippen LogP contribution in [0.2, 0.25) is 0 Å². The summed E-state index contributed by atoms with van der Waals surface area (Å²) in [4.78, 5) is 26.0. The van der Waals surface area contributed by atoms with Gasteiger partial charge in [-0.25, -0.2) is 0 Å². The van der Waals surface area contributed by atoms with Crippen LogP contribution in [0.3, 0.4) is 0 Å². The molecule has 162 valence electrons. The molecule has 3 rings (SSSR count). The predicted molar refractivity (Wildman–Crippen MR) is 126 cm³/mol. The molecular weight excluding hydrogens is 436 g/mol. The lowest BCUT2D eigenvalue weighted by Gasteiger charge is -2.21. The van der Waals surface area contributed by atoms with Gasteiger partial charge < -0.3 is 5.32 Å². The van der Waals surface area contributed by atoms with Crippen molar-refractivity contribution in [3.63, 3.8) is 0 Å². The monoisotopic (exact) mass is 464 g/mol. The largest absolute Gasteiger partial charge is 0.353 e. The van der Waals surface area contributed by atoms with E-state index in [9.17, 15) is 9.59 Å². The second-order valence-electron chi connectivity index (χ2n) is 7.15. The zero-order valence-electron chi connectivity index (χ0n) is 17.2. The fourth-order valence-corrected chi connectivity index (χ4v) is 5.90. The first-order valence-electron chi connectivity index (χ1n) is 10.4. The van der Waals surface area contributed by atoms with E-state index in [0.29, 0.717) is 16.4 Å². The molecule has 0 spiro atoms. The number of aromatic nitrogens is 2. The van der Waals surface area contributed by atoms with E-state index in [-0.39, 0.29) is 17.9 Å². The van der Waals surface area contributed by atoms with Gasteiger partial charge in [-0.05, 0) is 30.7 Å². The molecule has 6 nitrogen and oxygen atoms in total. The van der Waals surface area contributed by atoms with Crippen molar-refractivity contribution in [1.29, 1.82) is 0 Å². The number of nitrogens with one attached hydrogen (secondary N) is 2. The van der Waals surface area contributed by atoms with Crippen molar-refractivity contribution in [2.24, 2.45) is 0 Å². The normalized spacial score (nSPS) is 15.2. The maximum absolute atomic E-state index is 12.7. The number of nitrogens with zero attached hydrogens (tertiary/aromatic N) is 2. The van der Waals surface area contributed by atoms with Gasteiger partial charge in [-0.15, -0.1) is 22.0 Å². The van der Waals surface area contributed by atoms with Crippen LogP contribution in [0.25, 0.3) is 0 Å². The van der Waals surface area contributed by atoms with E-state index in [1.165, 1.54) is 55.2 Å². The molecule has 0 saturated heterocycles. The van der Waals surface area contributed by atoms with E-state index in [1.54, 1.807) is 17.8 Å². The van der Waals surface area contributed by atoms with E-state index in [2.05, 4.69) is 20.8 Å². The van der Waals surface area contributed by atoms with Crippen molar-refractivity contribution in [2.45, 2.75) is 67.1 Å². The fourth-order valence-electron chi connectivity index (χ4n) is 3.40. The van der Waals surface area contributed by atoms with Gasteiger partial charge in [0.2, 0.25) is 11.0 Å². The molecule has 1 fully saturated rings. The summed E-state index contributed by atoms with van der Waals surface area (Å²) >= 11 is 4.36. The van der Waals surface area contributed by atoms with Crippen molar-refractivity contribution in [1.82, 2.24) is 15.5 Å². The van der Waals surface area contributed by atoms with Crippen LogP contribution < -0.4 is 10.6 Å². The highest BCUT2D eigenvalue weighted by Gasteiger charge is 2.17. The molecule has 1 heterocycles. The van der Waals surface area contributed by atoms with E-state index in [1.807, 2.05) is 25.1 Å². The Bertz CT molecular complexity index is 835. The second-order valence-corrected chi connectivity index (χ2v) is 10.7. The molecule has 0 atom stereocenters. The van der Waals surface area contributed by atoms with Gasteiger partial charge in [0.1, 0.15) is 0 Å². The minimum atomic E-state index is -0.234. The van der Waals surface area contributed by atoms with Crippen LogP contribution in [0.5, 0.6) is 0 Å². The van der Waals surface area contributed by atoms with Crippen LogP contribution in [0.4, 0.5) is 5.13 Å². The highest BCUT2D eigenvalue weighted by molar-refractivity contribution is 8.01. The molecule has 2 amide bonds. The number of hydrogen-bond donors (Lipinski definition) is 2. The molecular formula is C21H28N4O2S3. The SMILES string of the molecule is CCSc1nnc(NC(=O)c2ccccc2SCC(=O)NC2CCCCCCC2)s1. The van der Waals surface area contributed by atoms with Gasteiger partial charge in [0.15, 0.2) is 4.34 Å². The Balaban J connectivity index is 1.54. The summed E-state index contributed by atoms with van der Waals surface area (Å²) in [7, 11) is 0. The molecule has 0 radical (unpaired) electrons. The first kappa shape index (κ1) is 23.1.